The molecule has 1 fully saturated rings. The summed E-state index contributed by atoms with van der Waals surface area (Å²) in [6.45, 7) is 6.06. The van der Waals surface area contributed by atoms with Crippen LogP contribution < -0.4 is 4.90 Å². The van der Waals surface area contributed by atoms with Gasteiger partial charge in [0.2, 0.25) is 0 Å². The summed E-state index contributed by atoms with van der Waals surface area (Å²) in [5.41, 5.74) is 1.67. The van der Waals surface area contributed by atoms with E-state index in [1.807, 2.05) is 12.1 Å². The molecule has 0 saturated carbocycles. The van der Waals surface area contributed by atoms with Gasteiger partial charge in [-0.15, -0.1) is 0 Å². The quantitative estimate of drug-likeness (QED) is 0.877. The molecule has 0 aromatic heterocycles. The van der Waals surface area contributed by atoms with Crippen LogP contribution in [0.15, 0.2) is 18.2 Å². The Morgan fingerprint density at radius 2 is 2.11 bits per heavy atom. The average Bonchev–Trinajstić information content (AvgIpc) is 2.63. The summed E-state index contributed by atoms with van der Waals surface area (Å²) in [6, 6.07) is 5.62. The fourth-order valence-corrected chi connectivity index (χ4v) is 2.91. The maximum Gasteiger partial charge on any atom is 0.123 e. The van der Waals surface area contributed by atoms with Gasteiger partial charge in [-0.1, -0.05) is 19.4 Å². The molecule has 1 heterocycles. The minimum absolute atomic E-state index is 0.198. The highest BCUT2D eigenvalue weighted by Gasteiger charge is 2.17. The van der Waals surface area contributed by atoms with Crippen LogP contribution in [0.1, 0.15) is 51.2 Å². The van der Waals surface area contributed by atoms with E-state index in [-0.39, 0.29) is 5.75 Å². The number of phenols is 1. The van der Waals surface area contributed by atoms with Crippen molar-refractivity contribution in [2.45, 2.75) is 45.6 Å². The summed E-state index contributed by atoms with van der Waals surface area (Å²) in [6.07, 6.45) is 4.40. The number of rotatable bonds is 3. The predicted octanol–water partition coefficient (Wildman–Crippen LogP) is 3.46. The van der Waals surface area contributed by atoms with Crippen molar-refractivity contribution >= 4 is 5.69 Å². The molecule has 1 saturated heterocycles. The Morgan fingerprint density at radius 1 is 1.32 bits per heavy atom. The Hall–Kier alpha value is -1.22. The third kappa shape index (κ3) is 3.41. The third-order valence-electron chi connectivity index (χ3n) is 4.25. The van der Waals surface area contributed by atoms with Crippen LogP contribution in [0, 0.1) is 5.92 Å². The van der Waals surface area contributed by atoms with Gasteiger partial charge in [0.25, 0.3) is 0 Å². The zero-order chi connectivity index (χ0) is 13.8. The summed E-state index contributed by atoms with van der Waals surface area (Å²) in [5, 5.41) is 19.5. The van der Waals surface area contributed by atoms with Gasteiger partial charge in [-0.3, -0.25) is 0 Å². The van der Waals surface area contributed by atoms with Gasteiger partial charge in [-0.25, -0.2) is 0 Å². The molecular weight excluding hydrogens is 238 g/mol. The number of hydrogen-bond acceptors (Lipinski definition) is 3. The van der Waals surface area contributed by atoms with Gasteiger partial charge < -0.3 is 15.1 Å². The van der Waals surface area contributed by atoms with E-state index in [0.29, 0.717) is 5.56 Å². The molecule has 0 bridgehead atoms. The number of phenolic OH excluding ortho intramolecular Hbond substituents is 1. The van der Waals surface area contributed by atoms with E-state index in [1.54, 1.807) is 13.0 Å². The zero-order valence-corrected chi connectivity index (χ0v) is 12.0. The second-order valence-corrected chi connectivity index (χ2v) is 5.61. The van der Waals surface area contributed by atoms with Crippen LogP contribution in [0.25, 0.3) is 0 Å². The van der Waals surface area contributed by atoms with Crippen LogP contribution >= 0.6 is 0 Å². The molecule has 19 heavy (non-hydrogen) atoms. The first-order valence-corrected chi connectivity index (χ1v) is 7.37. The van der Waals surface area contributed by atoms with Gasteiger partial charge >= 0.3 is 0 Å². The Morgan fingerprint density at radius 3 is 2.74 bits per heavy atom. The van der Waals surface area contributed by atoms with E-state index in [2.05, 4.69) is 11.8 Å². The lowest BCUT2D eigenvalue weighted by atomic mass is 9.98. The molecule has 2 atom stereocenters. The molecule has 1 aromatic rings. The minimum Gasteiger partial charge on any atom is -0.507 e. The molecule has 0 aliphatic carbocycles. The molecule has 106 valence electrons. The fourth-order valence-electron chi connectivity index (χ4n) is 2.91. The Balaban J connectivity index is 2.11. The van der Waals surface area contributed by atoms with Gasteiger partial charge in [0.05, 0.1) is 6.10 Å². The largest absolute Gasteiger partial charge is 0.507 e. The zero-order valence-electron chi connectivity index (χ0n) is 12.0. The van der Waals surface area contributed by atoms with Crippen molar-refractivity contribution in [1.29, 1.82) is 0 Å². The number of benzene rings is 1. The summed E-state index contributed by atoms with van der Waals surface area (Å²) >= 11 is 0. The van der Waals surface area contributed by atoms with Gasteiger partial charge in [0.15, 0.2) is 0 Å². The normalized spacial score (nSPS) is 22.1. The number of hydrogen-bond donors (Lipinski definition) is 2. The molecule has 0 amide bonds. The molecule has 2 N–H and O–H groups in total. The monoisotopic (exact) mass is 263 g/mol. The van der Waals surface area contributed by atoms with Crippen molar-refractivity contribution in [3.05, 3.63) is 23.8 Å². The van der Waals surface area contributed by atoms with Gasteiger partial charge in [0.1, 0.15) is 5.75 Å². The van der Waals surface area contributed by atoms with E-state index < -0.39 is 6.10 Å². The van der Waals surface area contributed by atoms with Crippen molar-refractivity contribution in [3.63, 3.8) is 0 Å². The molecular formula is C16H25NO2. The fraction of sp³-hybridized carbons (Fsp3) is 0.625. The van der Waals surface area contributed by atoms with Crippen molar-refractivity contribution < 1.29 is 10.2 Å². The molecule has 1 aromatic carbocycles. The first kappa shape index (κ1) is 14.2. The standard InChI is InChI=1S/C16H25NO2/c1-3-13-5-4-9-17(10-8-13)14-6-7-15(12(2)18)16(19)11-14/h6-7,11-13,18-19H,3-5,8-10H2,1-2H3. The highest BCUT2D eigenvalue weighted by molar-refractivity contribution is 5.54. The SMILES string of the molecule is CCC1CCCN(c2ccc(C(C)O)c(O)c2)CC1. The molecule has 1 aliphatic heterocycles. The molecule has 0 radical (unpaired) electrons. The van der Waals surface area contributed by atoms with Crippen LogP contribution in [0.4, 0.5) is 5.69 Å². The van der Waals surface area contributed by atoms with Crippen LogP contribution in [0.3, 0.4) is 0 Å². The van der Waals surface area contributed by atoms with Crippen LogP contribution in [-0.4, -0.2) is 23.3 Å². The smallest absolute Gasteiger partial charge is 0.123 e. The Bertz CT molecular complexity index is 417. The highest BCUT2D eigenvalue weighted by atomic mass is 16.3. The lowest BCUT2D eigenvalue weighted by molar-refractivity contribution is 0.195. The van der Waals surface area contributed by atoms with Crippen molar-refractivity contribution in [1.82, 2.24) is 0 Å². The first-order valence-electron chi connectivity index (χ1n) is 7.37. The summed E-state index contributed by atoms with van der Waals surface area (Å²) in [4.78, 5) is 2.35. The van der Waals surface area contributed by atoms with Gasteiger partial charge in [0, 0.05) is 30.4 Å². The summed E-state index contributed by atoms with van der Waals surface area (Å²) in [7, 11) is 0. The number of nitrogens with zero attached hydrogens (tertiary/aromatic N) is 1. The lowest BCUT2D eigenvalue weighted by Gasteiger charge is -2.24. The van der Waals surface area contributed by atoms with Crippen molar-refractivity contribution in [2.24, 2.45) is 5.92 Å². The average molecular weight is 263 g/mol. The Kier molecular flexibility index (Phi) is 4.70. The lowest BCUT2D eigenvalue weighted by Crippen LogP contribution is -2.24. The van der Waals surface area contributed by atoms with Crippen LogP contribution in [-0.2, 0) is 0 Å². The van der Waals surface area contributed by atoms with E-state index in [4.69, 9.17) is 0 Å². The minimum atomic E-state index is -0.623. The summed E-state index contributed by atoms with van der Waals surface area (Å²) < 4.78 is 0. The molecule has 2 rings (SSSR count). The molecule has 2 unspecified atom stereocenters. The molecule has 0 spiro atoms. The number of aliphatic hydroxyl groups excluding tert-OH is 1. The van der Waals surface area contributed by atoms with Gasteiger partial charge in [-0.05, 0) is 38.2 Å². The van der Waals surface area contributed by atoms with E-state index >= 15 is 0 Å². The second-order valence-electron chi connectivity index (χ2n) is 5.61. The maximum atomic E-state index is 9.97. The molecule has 3 heteroatoms. The summed E-state index contributed by atoms with van der Waals surface area (Å²) in [5.74, 6) is 1.04. The van der Waals surface area contributed by atoms with E-state index in [9.17, 15) is 10.2 Å². The third-order valence-corrected chi connectivity index (χ3v) is 4.25. The Labute approximate surface area is 115 Å². The number of anilines is 1. The highest BCUT2D eigenvalue weighted by Crippen LogP contribution is 2.31. The molecule has 1 aliphatic rings. The van der Waals surface area contributed by atoms with Gasteiger partial charge in [-0.2, -0.15) is 0 Å². The molecule has 3 nitrogen and oxygen atoms in total. The van der Waals surface area contributed by atoms with E-state index in [1.165, 1.54) is 25.7 Å². The first-order chi connectivity index (χ1) is 9.11. The van der Waals surface area contributed by atoms with Crippen molar-refractivity contribution in [2.75, 3.05) is 18.0 Å². The van der Waals surface area contributed by atoms with Crippen molar-refractivity contribution in [3.8, 4) is 5.75 Å². The topological polar surface area (TPSA) is 43.7 Å². The number of aromatic hydroxyl groups is 1. The van der Waals surface area contributed by atoms with E-state index in [0.717, 1.165) is 24.7 Å². The maximum absolute atomic E-state index is 9.97. The predicted molar refractivity (Wildman–Crippen MR) is 78.6 cm³/mol. The van der Waals surface area contributed by atoms with Crippen LogP contribution in [0.5, 0.6) is 5.75 Å². The number of aliphatic hydroxyl groups is 1. The second kappa shape index (κ2) is 6.29. The van der Waals surface area contributed by atoms with Crippen LogP contribution in [0.2, 0.25) is 0 Å².